The largest absolute Gasteiger partial charge is 0.381 e. The number of aryl methyl sites for hydroxylation is 1. The summed E-state index contributed by atoms with van der Waals surface area (Å²) in [6.45, 7) is 2.05. The molecule has 2 rings (SSSR count). The van der Waals surface area contributed by atoms with Crippen molar-refractivity contribution in [2.45, 2.75) is 31.9 Å². The molecule has 0 aromatic carbocycles. The lowest BCUT2D eigenvalue weighted by molar-refractivity contribution is 0.0328. The highest BCUT2D eigenvalue weighted by Crippen LogP contribution is 2.26. The maximum Gasteiger partial charge on any atom is 0.0610 e. The molecule has 1 aliphatic rings. The van der Waals surface area contributed by atoms with Crippen molar-refractivity contribution in [1.82, 2.24) is 4.98 Å². The summed E-state index contributed by atoms with van der Waals surface area (Å²) < 4.78 is 5.22. The topological polar surface area (TPSA) is 34.1 Å². The van der Waals surface area contributed by atoms with Gasteiger partial charge in [-0.1, -0.05) is 0 Å². The first kappa shape index (κ1) is 9.46. The summed E-state index contributed by atoms with van der Waals surface area (Å²) in [5, 5.41) is 3.44. The number of nitrogens with zero attached hydrogens (tertiary/aromatic N) is 1. The van der Waals surface area contributed by atoms with E-state index < -0.39 is 0 Å². The number of pyridine rings is 1. The Kier molecular flexibility index (Phi) is 2.68. The average molecular weight is 192 g/mol. The van der Waals surface area contributed by atoms with E-state index in [0.29, 0.717) is 12.1 Å². The Balaban J connectivity index is 1.87. The molecule has 1 aliphatic carbocycles. The molecule has 1 fully saturated rings. The highest BCUT2D eigenvalue weighted by atomic mass is 16.5. The van der Waals surface area contributed by atoms with E-state index in [1.807, 2.05) is 12.4 Å². The minimum atomic E-state index is 0.449. The lowest BCUT2D eigenvalue weighted by atomic mass is 9.89. The van der Waals surface area contributed by atoms with Crippen molar-refractivity contribution in [2.24, 2.45) is 0 Å². The van der Waals surface area contributed by atoms with Crippen molar-refractivity contribution in [2.75, 3.05) is 12.4 Å². The number of aromatic nitrogens is 1. The first-order chi connectivity index (χ1) is 6.78. The molecular weight excluding hydrogens is 176 g/mol. The van der Waals surface area contributed by atoms with Crippen LogP contribution in [0.5, 0.6) is 0 Å². The Morgan fingerprint density at radius 3 is 2.86 bits per heavy atom. The van der Waals surface area contributed by atoms with Crippen LogP contribution in [-0.4, -0.2) is 24.2 Å². The van der Waals surface area contributed by atoms with E-state index in [9.17, 15) is 0 Å². The molecule has 0 spiro atoms. The fraction of sp³-hybridized carbons (Fsp3) is 0.545. The summed E-state index contributed by atoms with van der Waals surface area (Å²) in [6.07, 6.45) is 6.39. The number of anilines is 1. The zero-order valence-corrected chi connectivity index (χ0v) is 8.66. The number of hydrogen-bond acceptors (Lipinski definition) is 3. The monoisotopic (exact) mass is 192 g/mol. The molecular formula is C11H16N2O. The molecule has 1 saturated carbocycles. The highest BCUT2D eigenvalue weighted by molar-refractivity contribution is 5.43. The van der Waals surface area contributed by atoms with Crippen LogP contribution in [0.4, 0.5) is 5.69 Å². The standard InChI is InChI=1S/C11H16N2O/c1-8-3-10(7-12-6-8)13-9-4-11(5-9)14-2/h3,6-7,9,11,13H,4-5H2,1-2H3. The summed E-state index contributed by atoms with van der Waals surface area (Å²) in [4.78, 5) is 4.14. The van der Waals surface area contributed by atoms with Gasteiger partial charge in [-0.05, 0) is 31.4 Å². The van der Waals surface area contributed by atoms with E-state index in [0.717, 1.165) is 18.5 Å². The van der Waals surface area contributed by atoms with Crippen molar-refractivity contribution < 1.29 is 4.74 Å². The molecule has 1 N–H and O–H groups in total. The molecule has 1 aromatic heterocycles. The van der Waals surface area contributed by atoms with Crippen LogP contribution in [0.15, 0.2) is 18.5 Å². The Labute approximate surface area is 84.5 Å². The SMILES string of the molecule is COC1CC(Nc2cncc(C)c2)C1. The molecule has 3 heteroatoms. The fourth-order valence-corrected chi connectivity index (χ4v) is 1.75. The Hall–Kier alpha value is -1.09. The van der Waals surface area contributed by atoms with Gasteiger partial charge in [0.05, 0.1) is 11.8 Å². The smallest absolute Gasteiger partial charge is 0.0610 e. The van der Waals surface area contributed by atoms with Gasteiger partial charge in [0.15, 0.2) is 0 Å². The molecule has 0 amide bonds. The Bertz CT molecular complexity index is 308. The number of methoxy groups -OCH3 is 1. The van der Waals surface area contributed by atoms with Gasteiger partial charge in [0.2, 0.25) is 0 Å². The lowest BCUT2D eigenvalue weighted by Gasteiger charge is -2.35. The second-order valence-electron chi connectivity index (χ2n) is 3.92. The molecule has 1 aromatic rings. The van der Waals surface area contributed by atoms with E-state index in [1.165, 1.54) is 5.56 Å². The minimum absolute atomic E-state index is 0.449. The van der Waals surface area contributed by atoms with Crippen LogP contribution in [0.25, 0.3) is 0 Å². The maximum absolute atomic E-state index is 5.22. The molecule has 0 saturated heterocycles. The van der Waals surface area contributed by atoms with Crippen LogP contribution in [-0.2, 0) is 4.74 Å². The van der Waals surface area contributed by atoms with Gasteiger partial charge in [-0.2, -0.15) is 0 Å². The quantitative estimate of drug-likeness (QED) is 0.795. The van der Waals surface area contributed by atoms with E-state index >= 15 is 0 Å². The normalized spacial score (nSPS) is 25.6. The Morgan fingerprint density at radius 2 is 2.21 bits per heavy atom. The number of ether oxygens (including phenoxy) is 1. The molecule has 76 valence electrons. The van der Waals surface area contributed by atoms with E-state index in [2.05, 4.69) is 23.3 Å². The molecule has 0 bridgehead atoms. The molecule has 0 radical (unpaired) electrons. The molecule has 1 heterocycles. The van der Waals surface area contributed by atoms with Gasteiger partial charge in [-0.15, -0.1) is 0 Å². The first-order valence-electron chi connectivity index (χ1n) is 4.99. The van der Waals surface area contributed by atoms with E-state index in [-0.39, 0.29) is 0 Å². The van der Waals surface area contributed by atoms with Crippen molar-refractivity contribution in [3.63, 3.8) is 0 Å². The summed E-state index contributed by atoms with van der Waals surface area (Å²) in [5.41, 5.74) is 2.31. The predicted molar refractivity (Wildman–Crippen MR) is 56.4 cm³/mol. The number of hydrogen-bond donors (Lipinski definition) is 1. The third-order valence-corrected chi connectivity index (χ3v) is 2.67. The predicted octanol–water partition coefficient (Wildman–Crippen LogP) is 1.98. The maximum atomic E-state index is 5.22. The van der Waals surface area contributed by atoms with Gasteiger partial charge in [-0.25, -0.2) is 0 Å². The van der Waals surface area contributed by atoms with Crippen molar-refractivity contribution in [3.8, 4) is 0 Å². The third-order valence-electron chi connectivity index (χ3n) is 2.67. The van der Waals surface area contributed by atoms with E-state index in [1.54, 1.807) is 7.11 Å². The zero-order valence-electron chi connectivity index (χ0n) is 8.66. The number of nitrogens with one attached hydrogen (secondary N) is 1. The van der Waals surface area contributed by atoms with E-state index in [4.69, 9.17) is 4.74 Å². The summed E-state index contributed by atoms with van der Waals surface area (Å²) >= 11 is 0. The molecule has 14 heavy (non-hydrogen) atoms. The van der Waals surface area contributed by atoms with Gasteiger partial charge in [0, 0.05) is 25.5 Å². The summed E-state index contributed by atoms with van der Waals surface area (Å²) in [7, 11) is 1.77. The number of rotatable bonds is 3. The van der Waals surface area contributed by atoms with Gasteiger partial charge in [-0.3, -0.25) is 4.98 Å². The van der Waals surface area contributed by atoms with Crippen molar-refractivity contribution in [1.29, 1.82) is 0 Å². The van der Waals surface area contributed by atoms with Crippen molar-refractivity contribution in [3.05, 3.63) is 24.0 Å². The van der Waals surface area contributed by atoms with Gasteiger partial charge >= 0.3 is 0 Å². The van der Waals surface area contributed by atoms with Crippen molar-refractivity contribution >= 4 is 5.69 Å². The molecule has 0 atom stereocenters. The lowest BCUT2D eigenvalue weighted by Crippen LogP contribution is -2.40. The van der Waals surface area contributed by atoms with Crippen LogP contribution < -0.4 is 5.32 Å². The van der Waals surface area contributed by atoms with Gasteiger partial charge < -0.3 is 10.1 Å². The molecule has 0 aliphatic heterocycles. The third kappa shape index (κ3) is 2.04. The minimum Gasteiger partial charge on any atom is -0.381 e. The van der Waals surface area contributed by atoms with Crippen LogP contribution in [0.2, 0.25) is 0 Å². The zero-order chi connectivity index (χ0) is 9.97. The van der Waals surface area contributed by atoms with Crippen LogP contribution in [0.3, 0.4) is 0 Å². The molecule has 0 unspecified atom stereocenters. The van der Waals surface area contributed by atoms with Crippen LogP contribution in [0, 0.1) is 6.92 Å². The van der Waals surface area contributed by atoms with Crippen LogP contribution >= 0.6 is 0 Å². The first-order valence-corrected chi connectivity index (χ1v) is 4.99. The summed E-state index contributed by atoms with van der Waals surface area (Å²) in [5.74, 6) is 0. The van der Waals surface area contributed by atoms with Crippen LogP contribution in [0.1, 0.15) is 18.4 Å². The Morgan fingerprint density at radius 1 is 1.43 bits per heavy atom. The average Bonchev–Trinajstić information content (AvgIpc) is 2.10. The second-order valence-corrected chi connectivity index (χ2v) is 3.92. The fourth-order valence-electron chi connectivity index (χ4n) is 1.75. The second kappa shape index (κ2) is 3.96. The summed E-state index contributed by atoms with van der Waals surface area (Å²) in [6, 6.07) is 2.68. The van der Waals surface area contributed by atoms with Gasteiger partial charge in [0.1, 0.15) is 0 Å². The molecule has 3 nitrogen and oxygen atoms in total. The van der Waals surface area contributed by atoms with Gasteiger partial charge in [0.25, 0.3) is 0 Å². The highest BCUT2D eigenvalue weighted by Gasteiger charge is 2.28.